The first-order chi connectivity index (χ1) is 9.13. The van der Waals surface area contributed by atoms with Crippen molar-refractivity contribution >= 4 is 17.5 Å². The molecule has 2 aromatic rings. The van der Waals surface area contributed by atoms with Crippen molar-refractivity contribution in [2.24, 2.45) is 0 Å². The van der Waals surface area contributed by atoms with Gasteiger partial charge >= 0.3 is 5.97 Å². The number of esters is 1. The molecule has 0 aliphatic carbocycles. The average molecular weight is 261 g/mol. The maximum absolute atomic E-state index is 13.2. The summed E-state index contributed by atoms with van der Waals surface area (Å²) in [6.45, 7) is 0. The molecular formula is C13H12FN3O2. The number of hydrogen-bond donors (Lipinski definition) is 0. The number of hydrogen-bond acceptors (Lipinski definition) is 5. The number of methoxy groups -OCH3 is 1. The highest BCUT2D eigenvalue weighted by Gasteiger charge is 2.17. The number of benzene rings is 1. The molecule has 0 fully saturated rings. The van der Waals surface area contributed by atoms with Gasteiger partial charge in [-0.15, -0.1) is 0 Å². The minimum absolute atomic E-state index is 0.219. The van der Waals surface area contributed by atoms with E-state index in [1.165, 1.54) is 31.8 Å². The lowest BCUT2D eigenvalue weighted by Gasteiger charge is -2.19. The number of nitrogens with zero attached hydrogens (tertiary/aromatic N) is 3. The van der Waals surface area contributed by atoms with Crippen LogP contribution in [0.3, 0.4) is 0 Å². The van der Waals surface area contributed by atoms with Gasteiger partial charge in [0.1, 0.15) is 17.7 Å². The molecule has 1 aromatic heterocycles. The zero-order valence-electron chi connectivity index (χ0n) is 10.5. The number of halogens is 1. The Balaban J connectivity index is 2.44. The quantitative estimate of drug-likeness (QED) is 0.792. The lowest BCUT2D eigenvalue weighted by molar-refractivity contribution is 0.0600. The zero-order chi connectivity index (χ0) is 13.8. The van der Waals surface area contributed by atoms with Crippen molar-refractivity contribution in [1.82, 2.24) is 9.97 Å². The Labute approximate surface area is 109 Å². The molecule has 0 unspecified atom stereocenters. The molecule has 1 heterocycles. The number of anilines is 2. The van der Waals surface area contributed by atoms with Crippen LogP contribution in [0.5, 0.6) is 0 Å². The van der Waals surface area contributed by atoms with E-state index in [-0.39, 0.29) is 11.4 Å². The fraction of sp³-hybridized carbons (Fsp3) is 0.154. The number of carbonyl (C=O) groups is 1. The van der Waals surface area contributed by atoms with E-state index in [0.29, 0.717) is 11.5 Å². The fourth-order valence-corrected chi connectivity index (χ4v) is 1.65. The first-order valence-corrected chi connectivity index (χ1v) is 5.51. The van der Waals surface area contributed by atoms with Crippen LogP contribution in [0, 0.1) is 5.82 Å². The highest BCUT2D eigenvalue weighted by molar-refractivity contribution is 5.95. The van der Waals surface area contributed by atoms with Gasteiger partial charge in [-0.25, -0.2) is 19.2 Å². The predicted molar refractivity (Wildman–Crippen MR) is 67.8 cm³/mol. The van der Waals surface area contributed by atoms with Crippen LogP contribution in [0.2, 0.25) is 0 Å². The van der Waals surface area contributed by atoms with Crippen LogP contribution in [-0.2, 0) is 4.74 Å². The Morgan fingerprint density at radius 2 is 2.21 bits per heavy atom. The second kappa shape index (κ2) is 5.43. The van der Waals surface area contributed by atoms with Gasteiger partial charge in [0, 0.05) is 18.9 Å². The predicted octanol–water partition coefficient (Wildman–Crippen LogP) is 2.17. The molecule has 0 bridgehead atoms. The van der Waals surface area contributed by atoms with E-state index >= 15 is 0 Å². The zero-order valence-corrected chi connectivity index (χ0v) is 10.5. The molecule has 0 amide bonds. The standard InChI is InChI=1S/C13H12FN3O2/c1-17(10-5-3-4-9(14)6-10)12-11(13(18)19-2)7-15-8-16-12/h3-8H,1-2H3. The van der Waals surface area contributed by atoms with E-state index in [9.17, 15) is 9.18 Å². The molecule has 0 saturated carbocycles. The lowest BCUT2D eigenvalue weighted by atomic mass is 10.2. The minimum Gasteiger partial charge on any atom is -0.465 e. The third-order valence-corrected chi connectivity index (χ3v) is 2.61. The monoisotopic (exact) mass is 261 g/mol. The molecular weight excluding hydrogens is 249 g/mol. The Morgan fingerprint density at radius 3 is 2.89 bits per heavy atom. The van der Waals surface area contributed by atoms with Crippen molar-refractivity contribution in [3.8, 4) is 0 Å². The molecule has 1 aromatic carbocycles. The van der Waals surface area contributed by atoms with Crippen LogP contribution in [-0.4, -0.2) is 30.1 Å². The van der Waals surface area contributed by atoms with Crippen molar-refractivity contribution in [2.75, 3.05) is 19.1 Å². The molecule has 5 nitrogen and oxygen atoms in total. The topological polar surface area (TPSA) is 55.3 Å². The highest BCUT2D eigenvalue weighted by atomic mass is 19.1. The van der Waals surface area contributed by atoms with Gasteiger partial charge in [-0.1, -0.05) is 6.07 Å². The van der Waals surface area contributed by atoms with Crippen LogP contribution in [0.4, 0.5) is 15.9 Å². The Kier molecular flexibility index (Phi) is 3.70. The van der Waals surface area contributed by atoms with Gasteiger partial charge in [-0.2, -0.15) is 0 Å². The van der Waals surface area contributed by atoms with Gasteiger partial charge in [-0.05, 0) is 18.2 Å². The summed E-state index contributed by atoms with van der Waals surface area (Å²) in [6, 6.07) is 5.99. The van der Waals surface area contributed by atoms with E-state index < -0.39 is 5.97 Å². The van der Waals surface area contributed by atoms with Gasteiger partial charge in [0.2, 0.25) is 0 Å². The van der Waals surface area contributed by atoms with Crippen molar-refractivity contribution < 1.29 is 13.9 Å². The van der Waals surface area contributed by atoms with E-state index in [4.69, 9.17) is 0 Å². The second-order valence-corrected chi connectivity index (χ2v) is 3.79. The third-order valence-electron chi connectivity index (χ3n) is 2.61. The summed E-state index contributed by atoms with van der Waals surface area (Å²) in [4.78, 5) is 21.1. The first kappa shape index (κ1) is 12.9. The summed E-state index contributed by atoms with van der Waals surface area (Å²) in [5, 5.41) is 0. The Bertz CT molecular complexity index is 604. The lowest BCUT2D eigenvalue weighted by Crippen LogP contribution is -2.17. The molecule has 19 heavy (non-hydrogen) atoms. The number of rotatable bonds is 3. The molecule has 0 N–H and O–H groups in total. The summed E-state index contributed by atoms with van der Waals surface area (Å²) in [6.07, 6.45) is 2.68. The van der Waals surface area contributed by atoms with E-state index in [0.717, 1.165) is 0 Å². The molecule has 2 rings (SSSR count). The number of carbonyl (C=O) groups excluding carboxylic acids is 1. The SMILES string of the molecule is COC(=O)c1cncnc1N(C)c1cccc(F)c1. The first-order valence-electron chi connectivity index (χ1n) is 5.51. The van der Waals surface area contributed by atoms with Gasteiger partial charge in [0.15, 0.2) is 5.82 Å². The van der Waals surface area contributed by atoms with Gasteiger partial charge in [-0.3, -0.25) is 0 Å². The van der Waals surface area contributed by atoms with Crippen LogP contribution >= 0.6 is 0 Å². The Morgan fingerprint density at radius 1 is 1.42 bits per heavy atom. The van der Waals surface area contributed by atoms with Crippen molar-refractivity contribution in [1.29, 1.82) is 0 Å². The van der Waals surface area contributed by atoms with Crippen molar-refractivity contribution in [2.45, 2.75) is 0 Å². The second-order valence-electron chi connectivity index (χ2n) is 3.79. The van der Waals surface area contributed by atoms with E-state index in [2.05, 4.69) is 14.7 Å². The summed E-state index contributed by atoms with van der Waals surface area (Å²) in [5.74, 6) is -0.552. The van der Waals surface area contributed by atoms with Gasteiger partial charge in [0.25, 0.3) is 0 Å². The fourth-order valence-electron chi connectivity index (χ4n) is 1.65. The molecule has 0 aliphatic heterocycles. The molecule has 0 aliphatic rings. The molecule has 0 saturated heterocycles. The van der Waals surface area contributed by atoms with Crippen LogP contribution in [0.15, 0.2) is 36.8 Å². The maximum Gasteiger partial charge on any atom is 0.343 e. The van der Waals surface area contributed by atoms with Crippen molar-refractivity contribution in [3.05, 3.63) is 48.2 Å². The normalized spacial score (nSPS) is 10.1. The minimum atomic E-state index is -0.543. The maximum atomic E-state index is 13.2. The molecule has 0 atom stereocenters. The Hall–Kier alpha value is -2.50. The third kappa shape index (κ3) is 2.67. The average Bonchev–Trinajstić information content (AvgIpc) is 2.45. The van der Waals surface area contributed by atoms with Crippen LogP contribution < -0.4 is 4.90 Å². The largest absolute Gasteiger partial charge is 0.465 e. The summed E-state index contributed by atoms with van der Waals surface area (Å²) >= 11 is 0. The van der Waals surface area contributed by atoms with Gasteiger partial charge < -0.3 is 9.64 Å². The molecule has 0 radical (unpaired) electrons. The molecule has 98 valence electrons. The number of aromatic nitrogens is 2. The molecule has 6 heteroatoms. The smallest absolute Gasteiger partial charge is 0.343 e. The van der Waals surface area contributed by atoms with E-state index in [1.54, 1.807) is 24.1 Å². The van der Waals surface area contributed by atoms with Crippen LogP contribution in [0.1, 0.15) is 10.4 Å². The summed E-state index contributed by atoms with van der Waals surface area (Å²) in [5.41, 5.74) is 0.792. The summed E-state index contributed by atoms with van der Waals surface area (Å²) in [7, 11) is 2.96. The van der Waals surface area contributed by atoms with Crippen LogP contribution in [0.25, 0.3) is 0 Å². The van der Waals surface area contributed by atoms with E-state index in [1.807, 2.05) is 0 Å². The molecule has 0 spiro atoms. The van der Waals surface area contributed by atoms with Gasteiger partial charge in [0.05, 0.1) is 7.11 Å². The highest BCUT2D eigenvalue weighted by Crippen LogP contribution is 2.25. The number of ether oxygens (including phenoxy) is 1. The summed E-state index contributed by atoms with van der Waals surface area (Å²) < 4.78 is 17.9. The van der Waals surface area contributed by atoms with Crippen molar-refractivity contribution in [3.63, 3.8) is 0 Å².